The summed E-state index contributed by atoms with van der Waals surface area (Å²) in [6, 6.07) is 4.22. The van der Waals surface area contributed by atoms with Gasteiger partial charge in [-0.2, -0.15) is 10.5 Å². The molecule has 0 aromatic rings. The van der Waals surface area contributed by atoms with Gasteiger partial charge >= 0.3 is 0 Å². The van der Waals surface area contributed by atoms with Gasteiger partial charge in [-0.15, -0.1) is 0 Å². The van der Waals surface area contributed by atoms with Crippen LogP contribution in [-0.2, 0) is 0 Å². The van der Waals surface area contributed by atoms with Crippen LogP contribution in [0, 0.1) is 34.0 Å². The van der Waals surface area contributed by atoms with Crippen molar-refractivity contribution < 1.29 is 5.11 Å². The molecule has 0 heterocycles. The molecule has 0 fully saturated rings. The minimum Gasteiger partial charge on any atom is -0.392 e. The van der Waals surface area contributed by atoms with Gasteiger partial charge in [-0.25, -0.2) is 0 Å². The van der Waals surface area contributed by atoms with E-state index < -0.39 is 5.41 Å². The number of nitriles is 2. The van der Waals surface area contributed by atoms with Crippen molar-refractivity contribution in [1.29, 1.82) is 10.5 Å². The van der Waals surface area contributed by atoms with Gasteiger partial charge in [0.15, 0.2) is 5.41 Å². The van der Waals surface area contributed by atoms with Crippen LogP contribution in [0.4, 0.5) is 0 Å². The van der Waals surface area contributed by atoms with E-state index in [1.165, 1.54) is 0 Å². The van der Waals surface area contributed by atoms with Gasteiger partial charge in [0.05, 0.1) is 18.7 Å². The summed E-state index contributed by atoms with van der Waals surface area (Å²) in [6.07, 6.45) is 1.21. The first-order valence-corrected chi connectivity index (χ1v) is 4.77. The van der Waals surface area contributed by atoms with Crippen LogP contribution in [0.1, 0.15) is 26.7 Å². The van der Waals surface area contributed by atoms with Gasteiger partial charge in [-0.3, -0.25) is 0 Å². The lowest BCUT2D eigenvalue weighted by Crippen LogP contribution is -2.24. The second kappa shape index (κ2) is 3.82. The second-order valence-electron chi connectivity index (χ2n) is 3.80. The first kappa shape index (κ1) is 10.8. The molecule has 1 atom stereocenters. The third-order valence-corrected chi connectivity index (χ3v) is 3.09. The molecule has 0 aromatic heterocycles. The lowest BCUT2D eigenvalue weighted by molar-refractivity contribution is 0.291. The third-order valence-electron chi connectivity index (χ3n) is 3.09. The molecule has 0 saturated carbocycles. The molecule has 0 bridgehead atoms. The van der Waals surface area contributed by atoms with Gasteiger partial charge in [-0.1, -0.05) is 12.5 Å². The number of rotatable bonds is 2. The molecule has 1 N–H and O–H groups in total. The summed E-state index contributed by atoms with van der Waals surface area (Å²) in [5.74, 6) is -0.0949. The number of hydrogen-bond donors (Lipinski definition) is 1. The average molecular weight is 190 g/mol. The number of nitrogens with zero attached hydrogens (tertiary/aromatic N) is 2. The standard InChI is InChI=1S/C11H14N2O/c1-3-10-9(5-14)8(2)4-11(10,6-12)7-13/h10,14H,3-5H2,1-2H3. The van der Waals surface area contributed by atoms with Crippen molar-refractivity contribution in [2.24, 2.45) is 11.3 Å². The van der Waals surface area contributed by atoms with Crippen molar-refractivity contribution in [1.82, 2.24) is 0 Å². The Morgan fingerprint density at radius 2 is 2.07 bits per heavy atom. The summed E-state index contributed by atoms with van der Waals surface area (Å²) in [4.78, 5) is 0. The molecule has 0 radical (unpaired) electrons. The zero-order valence-corrected chi connectivity index (χ0v) is 8.54. The number of allylic oxidation sites excluding steroid dienone is 1. The van der Waals surface area contributed by atoms with Crippen LogP contribution in [0.3, 0.4) is 0 Å². The summed E-state index contributed by atoms with van der Waals surface area (Å²) < 4.78 is 0. The summed E-state index contributed by atoms with van der Waals surface area (Å²) >= 11 is 0. The molecule has 14 heavy (non-hydrogen) atoms. The third kappa shape index (κ3) is 1.31. The van der Waals surface area contributed by atoms with E-state index in [1.807, 2.05) is 13.8 Å². The van der Waals surface area contributed by atoms with Crippen LogP contribution in [0.5, 0.6) is 0 Å². The monoisotopic (exact) mass is 190 g/mol. The smallest absolute Gasteiger partial charge is 0.154 e. The molecule has 1 rings (SSSR count). The highest BCUT2D eigenvalue weighted by Gasteiger charge is 2.46. The predicted molar refractivity (Wildman–Crippen MR) is 51.8 cm³/mol. The van der Waals surface area contributed by atoms with Crippen molar-refractivity contribution in [3.63, 3.8) is 0 Å². The van der Waals surface area contributed by atoms with Crippen molar-refractivity contribution in [2.45, 2.75) is 26.7 Å². The van der Waals surface area contributed by atoms with Gasteiger partial charge in [0, 0.05) is 12.3 Å². The normalized spacial score (nSPS) is 24.5. The number of aliphatic hydroxyl groups is 1. The second-order valence-corrected chi connectivity index (χ2v) is 3.80. The Balaban J connectivity index is 3.13. The van der Waals surface area contributed by atoms with Crippen LogP contribution in [0.2, 0.25) is 0 Å². The maximum Gasteiger partial charge on any atom is 0.154 e. The van der Waals surface area contributed by atoms with Crippen LogP contribution in [-0.4, -0.2) is 11.7 Å². The topological polar surface area (TPSA) is 67.8 Å². The highest BCUT2D eigenvalue weighted by atomic mass is 16.3. The van der Waals surface area contributed by atoms with Crippen LogP contribution >= 0.6 is 0 Å². The highest BCUT2D eigenvalue weighted by molar-refractivity contribution is 5.37. The lowest BCUT2D eigenvalue weighted by Gasteiger charge is -2.21. The lowest BCUT2D eigenvalue weighted by atomic mass is 9.76. The Hall–Kier alpha value is -1.32. The molecule has 0 aromatic carbocycles. The van der Waals surface area contributed by atoms with Crippen molar-refractivity contribution in [2.75, 3.05) is 6.61 Å². The van der Waals surface area contributed by atoms with E-state index in [0.717, 1.165) is 17.6 Å². The van der Waals surface area contributed by atoms with Gasteiger partial charge in [0.25, 0.3) is 0 Å². The van der Waals surface area contributed by atoms with Crippen molar-refractivity contribution in [3.05, 3.63) is 11.1 Å². The van der Waals surface area contributed by atoms with Crippen LogP contribution < -0.4 is 0 Å². The quantitative estimate of drug-likeness (QED) is 0.674. The van der Waals surface area contributed by atoms with Gasteiger partial charge < -0.3 is 5.11 Å². The first-order chi connectivity index (χ1) is 6.65. The Morgan fingerprint density at radius 3 is 2.43 bits per heavy atom. The minimum atomic E-state index is -0.934. The molecular weight excluding hydrogens is 176 g/mol. The van der Waals surface area contributed by atoms with E-state index in [0.29, 0.717) is 6.42 Å². The number of hydrogen-bond acceptors (Lipinski definition) is 3. The molecule has 1 aliphatic rings. The van der Waals surface area contributed by atoms with Gasteiger partial charge in [0.2, 0.25) is 0 Å². The fourth-order valence-corrected chi connectivity index (χ4v) is 2.35. The molecule has 0 spiro atoms. The van der Waals surface area contributed by atoms with E-state index in [9.17, 15) is 5.11 Å². The summed E-state index contributed by atoms with van der Waals surface area (Å²) in [5, 5.41) is 27.3. The van der Waals surface area contributed by atoms with E-state index >= 15 is 0 Å². The fourth-order valence-electron chi connectivity index (χ4n) is 2.35. The molecule has 1 aliphatic carbocycles. The van der Waals surface area contributed by atoms with Crippen LogP contribution in [0.15, 0.2) is 11.1 Å². The Morgan fingerprint density at radius 1 is 1.50 bits per heavy atom. The van der Waals surface area contributed by atoms with E-state index in [2.05, 4.69) is 12.1 Å². The highest BCUT2D eigenvalue weighted by Crippen LogP contribution is 2.47. The first-order valence-electron chi connectivity index (χ1n) is 4.77. The van der Waals surface area contributed by atoms with E-state index in [-0.39, 0.29) is 12.5 Å². The molecule has 3 heteroatoms. The molecule has 3 nitrogen and oxygen atoms in total. The minimum absolute atomic E-state index is 0.0323. The van der Waals surface area contributed by atoms with Gasteiger partial charge in [0.1, 0.15) is 0 Å². The molecule has 1 unspecified atom stereocenters. The molecule has 0 aliphatic heterocycles. The summed E-state index contributed by atoms with van der Waals surface area (Å²) in [7, 11) is 0. The molecule has 0 saturated heterocycles. The largest absolute Gasteiger partial charge is 0.392 e. The Kier molecular flexibility index (Phi) is 2.93. The van der Waals surface area contributed by atoms with Crippen LogP contribution in [0.25, 0.3) is 0 Å². The fraction of sp³-hybridized carbons (Fsp3) is 0.636. The maximum atomic E-state index is 9.18. The number of aliphatic hydroxyl groups excluding tert-OH is 1. The zero-order valence-electron chi connectivity index (χ0n) is 8.54. The molecule has 74 valence electrons. The predicted octanol–water partition coefficient (Wildman–Crippen LogP) is 1.76. The Bertz CT molecular complexity index is 329. The Labute approximate surface area is 84.3 Å². The summed E-state index contributed by atoms with van der Waals surface area (Å²) in [6.45, 7) is 3.81. The van der Waals surface area contributed by atoms with E-state index in [1.54, 1.807) is 0 Å². The maximum absolute atomic E-state index is 9.18. The molecular formula is C11H14N2O. The van der Waals surface area contributed by atoms with E-state index in [4.69, 9.17) is 10.5 Å². The molecule has 0 amide bonds. The SMILES string of the molecule is CCC1C(CO)=C(C)CC1(C#N)C#N. The van der Waals surface area contributed by atoms with Gasteiger partial charge in [-0.05, 0) is 18.9 Å². The van der Waals surface area contributed by atoms with Crippen molar-refractivity contribution >= 4 is 0 Å². The van der Waals surface area contributed by atoms with Crippen molar-refractivity contribution in [3.8, 4) is 12.1 Å². The average Bonchev–Trinajstić information content (AvgIpc) is 2.50. The zero-order chi connectivity index (χ0) is 10.8. The summed E-state index contributed by atoms with van der Waals surface area (Å²) in [5.41, 5.74) is 0.953.